The molecule has 1 heterocycles. The molecule has 12 heavy (non-hydrogen) atoms. The number of hydrogen-bond donors (Lipinski definition) is 0. The van der Waals surface area contributed by atoms with E-state index in [0.717, 1.165) is 14.9 Å². The van der Waals surface area contributed by atoms with Crippen molar-refractivity contribution in [2.24, 2.45) is 0 Å². The van der Waals surface area contributed by atoms with E-state index in [2.05, 4.69) is 9.83 Å². The van der Waals surface area contributed by atoms with Gasteiger partial charge >= 0.3 is 0 Å². The topological polar surface area (TPSA) is 17.2 Å². The molecule has 0 bridgehead atoms. The molecule has 0 aliphatic heterocycles. The van der Waals surface area contributed by atoms with Crippen molar-refractivity contribution in [3.05, 3.63) is 26.3 Å². The molecule has 0 spiro atoms. The second-order valence-electron chi connectivity index (χ2n) is 2.45. The predicted molar refractivity (Wildman–Crippen MR) is 51.9 cm³/mol. The zero-order chi connectivity index (χ0) is 9.14. The molecule has 62 valence electrons. The highest BCUT2D eigenvalue weighted by Gasteiger charge is 1.96. The summed E-state index contributed by atoms with van der Waals surface area (Å²) >= 11 is 1.57. The molecule has 1 aromatic heterocycles. The molecule has 3 heteroatoms. The summed E-state index contributed by atoms with van der Waals surface area (Å²) < 4.78 is 2.00. The monoisotopic (exact) mass is 178 g/mol. The van der Waals surface area contributed by atoms with Crippen molar-refractivity contribution in [2.45, 2.75) is 20.8 Å². The number of aryl methyl sites for hydroxylation is 1. The van der Waals surface area contributed by atoms with E-state index in [1.165, 1.54) is 0 Å². The smallest absolute Gasteiger partial charge is 0.197 e. The Labute approximate surface area is 75.7 Å². The minimum atomic E-state index is 0.677. The van der Waals surface area contributed by atoms with Crippen LogP contribution in [0.15, 0.2) is 0 Å². The molecule has 2 nitrogen and oxygen atoms in total. The van der Waals surface area contributed by atoms with Crippen LogP contribution in [0.3, 0.4) is 0 Å². The maximum atomic E-state index is 6.83. The minimum Gasteiger partial charge on any atom is -0.254 e. The third-order valence-corrected chi connectivity index (χ3v) is 2.90. The molecule has 0 aromatic carbocycles. The molecule has 0 atom stereocenters. The predicted octanol–water partition coefficient (Wildman–Crippen LogP) is 1.30. The van der Waals surface area contributed by atoms with E-state index in [1.54, 1.807) is 18.3 Å². The van der Waals surface area contributed by atoms with Crippen LogP contribution in [0.2, 0.25) is 0 Å². The van der Waals surface area contributed by atoms with Crippen molar-refractivity contribution in [2.75, 3.05) is 0 Å². The van der Waals surface area contributed by atoms with E-state index in [0.29, 0.717) is 5.70 Å². The van der Waals surface area contributed by atoms with Crippen molar-refractivity contribution < 1.29 is 0 Å². The van der Waals surface area contributed by atoms with Gasteiger partial charge in [0.25, 0.3) is 0 Å². The second kappa shape index (κ2) is 3.51. The van der Waals surface area contributed by atoms with Crippen molar-refractivity contribution in [3.63, 3.8) is 0 Å². The molecule has 0 N–H and O–H groups in total. The van der Waals surface area contributed by atoms with Gasteiger partial charge < -0.3 is 0 Å². The lowest BCUT2D eigenvalue weighted by atomic mass is 10.5. The van der Waals surface area contributed by atoms with Gasteiger partial charge in [0.1, 0.15) is 4.66 Å². The second-order valence-corrected chi connectivity index (χ2v) is 3.49. The number of nitrogens with zero attached hydrogens (tertiary/aromatic N) is 2. The number of aromatic nitrogens is 1. The van der Waals surface area contributed by atoms with E-state index in [-0.39, 0.29) is 0 Å². The quantitative estimate of drug-likeness (QED) is 0.547. The van der Waals surface area contributed by atoms with Crippen LogP contribution in [0.5, 0.6) is 0 Å². The third-order valence-electron chi connectivity index (χ3n) is 1.57. The zero-order valence-corrected chi connectivity index (χ0v) is 8.20. The van der Waals surface area contributed by atoms with Gasteiger partial charge in [-0.2, -0.15) is 0 Å². The molecule has 0 unspecified atom stereocenters. The van der Waals surface area contributed by atoms with Crippen molar-refractivity contribution in [3.8, 4) is 0 Å². The Bertz CT molecular complexity index is 434. The van der Waals surface area contributed by atoms with E-state index < -0.39 is 0 Å². The summed E-state index contributed by atoms with van der Waals surface area (Å²) in [4.78, 5) is 7.64. The van der Waals surface area contributed by atoms with Gasteiger partial charge in [0.15, 0.2) is 5.70 Å². The first-order chi connectivity index (χ1) is 5.69. The normalized spacial score (nSPS) is 14.3. The van der Waals surface area contributed by atoms with Gasteiger partial charge in [-0.05, 0) is 20.8 Å². The number of rotatable bonds is 0. The maximum Gasteiger partial charge on any atom is 0.197 e. The Morgan fingerprint density at radius 3 is 2.75 bits per heavy atom. The summed E-state index contributed by atoms with van der Waals surface area (Å²) in [6.07, 6.45) is 2.02. The summed E-state index contributed by atoms with van der Waals surface area (Å²) in [5, 5.41) is 0. The summed E-state index contributed by atoms with van der Waals surface area (Å²) in [5.41, 5.74) is 1.69. The largest absolute Gasteiger partial charge is 0.254 e. The Morgan fingerprint density at radius 1 is 1.67 bits per heavy atom. The standard InChI is InChI=1S/C9H10N2S/c1-5-8-6(2)11-9(12-8)7(3)10-4/h5H,1-3H3/b8-5+,9-7?. The highest BCUT2D eigenvalue weighted by molar-refractivity contribution is 7.07. The molecule has 1 rings (SSSR count). The zero-order valence-electron chi connectivity index (χ0n) is 7.38. The van der Waals surface area contributed by atoms with E-state index >= 15 is 0 Å². The molecular weight excluding hydrogens is 168 g/mol. The fourth-order valence-corrected chi connectivity index (χ4v) is 1.77. The lowest BCUT2D eigenvalue weighted by Crippen LogP contribution is -1.99. The van der Waals surface area contributed by atoms with Gasteiger partial charge in [-0.25, -0.2) is 4.85 Å². The molecule has 0 fully saturated rings. The first-order valence-corrected chi connectivity index (χ1v) is 4.49. The lowest BCUT2D eigenvalue weighted by Gasteiger charge is -1.76. The summed E-state index contributed by atoms with van der Waals surface area (Å²) in [5.74, 6) is 0. The Hall–Kier alpha value is -1.14. The lowest BCUT2D eigenvalue weighted by molar-refractivity contribution is 1.20. The molecular formula is C9H10N2S. The number of hydrogen-bond acceptors (Lipinski definition) is 2. The minimum absolute atomic E-state index is 0.677. The summed E-state index contributed by atoms with van der Waals surface area (Å²) in [6, 6.07) is 0. The van der Waals surface area contributed by atoms with Crippen molar-refractivity contribution in [1.29, 1.82) is 0 Å². The summed E-state index contributed by atoms with van der Waals surface area (Å²) in [7, 11) is 0. The highest BCUT2D eigenvalue weighted by Crippen LogP contribution is 1.92. The van der Waals surface area contributed by atoms with E-state index in [9.17, 15) is 0 Å². The van der Waals surface area contributed by atoms with Crippen LogP contribution in [0.1, 0.15) is 19.5 Å². The first-order valence-electron chi connectivity index (χ1n) is 3.67. The SMILES string of the molecule is [C-]#[N+]C(C)=c1nc(C)/c(=C\C)s1. The molecule has 0 amide bonds. The summed E-state index contributed by atoms with van der Waals surface area (Å²) in [6.45, 7) is 12.6. The molecule has 0 aliphatic carbocycles. The molecule has 0 aliphatic rings. The van der Waals surface area contributed by atoms with Gasteiger partial charge in [-0.3, -0.25) is 4.98 Å². The van der Waals surface area contributed by atoms with Crippen LogP contribution in [-0.4, -0.2) is 4.98 Å². The van der Waals surface area contributed by atoms with Gasteiger partial charge in [0.05, 0.1) is 12.3 Å². The van der Waals surface area contributed by atoms with E-state index in [1.807, 2.05) is 19.9 Å². The third kappa shape index (κ3) is 1.54. The van der Waals surface area contributed by atoms with Crippen molar-refractivity contribution in [1.82, 2.24) is 4.98 Å². The Morgan fingerprint density at radius 2 is 2.33 bits per heavy atom. The van der Waals surface area contributed by atoms with Crippen LogP contribution in [0.25, 0.3) is 16.6 Å². The average molecular weight is 178 g/mol. The van der Waals surface area contributed by atoms with Crippen LogP contribution in [-0.2, 0) is 0 Å². The average Bonchev–Trinajstić information content (AvgIpc) is 2.45. The van der Waals surface area contributed by atoms with Gasteiger partial charge in [0, 0.05) is 4.53 Å². The fourth-order valence-electron chi connectivity index (χ4n) is 0.879. The Kier molecular flexibility index (Phi) is 2.61. The highest BCUT2D eigenvalue weighted by atomic mass is 32.1. The van der Waals surface area contributed by atoms with Crippen LogP contribution in [0.4, 0.5) is 0 Å². The van der Waals surface area contributed by atoms with Gasteiger partial charge in [0.2, 0.25) is 0 Å². The molecule has 0 radical (unpaired) electrons. The first kappa shape index (κ1) is 8.95. The molecule has 0 saturated heterocycles. The van der Waals surface area contributed by atoms with E-state index in [4.69, 9.17) is 6.57 Å². The van der Waals surface area contributed by atoms with Gasteiger partial charge in [-0.1, -0.05) is 6.08 Å². The van der Waals surface area contributed by atoms with Gasteiger partial charge in [-0.15, -0.1) is 11.3 Å². The fraction of sp³-hybridized carbons (Fsp3) is 0.333. The maximum absolute atomic E-state index is 6.83. The number of thiazole rings is 1. The van der Waals surface area contributed by atoms with Crippen LogP contribution >= 0.6 is 11.3 Å². The van der Waals surface area contributed by atoms with Crippen LogP contribution in [0, 0.1) is 13.5 Å². The van der Waals surface area contributed by atoms with Crippen LogP contribution < -0.4 is 9.20 Å². The molecule has 1 aromatic rings. The molecule has 0 saturated carbocycles. The Balaban J connectivity index is 3.55. The van der Waals surface area contributed by atoms with Crippen molar-refractivity contribution >= 4 is 23.1 Å².